The first-order chi connectivity index (χ1) is 8.42. The van der Waals surface area contributed by atoms with E-state index in [-0.39, 0.29) is 25.5 Å². The number of nitrogens with two attached hydrogens (primary N) is 1. The normalized spacial score (nSPS) is 13.5. The number of nitrogens with one attached hydrogen (secondary N) is 1. The van der Waals surface area contributed by atoms with Gasteiger partial charge in [0.2, 0.25) is 5.91 Å². The van der Waals surface area contributed by atoms with Crippen molar-refractivity contribution in [1.82, 2.24) is 5.32 Å². The molecule has 18 heavy (non-hydrogen) atoms. The number of ether oxygens (including phenoxy) is 1. The van der Waals surface area contributed by atoms with Gasteiger partial charge in [0.25, 0.3) is 0 Å². The lowest BCUT2D eigenvalue weighted by molar-refractivity contribution is -0.148. The van der Waals surface area contributed by atoms with Crippen LogP contribution in [0.3, 0.4) is 0 Å². The summed E-state index contributed by atoms with van der Waals surface area (Å²) >= 11 is 0. The minimum absolute atomic E-state index is 0.0363. The maximum Gasteiger partial charge on any atom is 0.332 e. The van der Waals surface area contributed by atoms with Crippen LogP contribution >= 0.6 is 0 Å². The second kappa shape index (κ2) is 8.46. The molecular formula is C11H20N2O5. The first-order valence-corrected chi connectivity index (χ1v) is 5.84. The van der Waals surface area contributed by atoms with E-state index in [4.69, 9.17) is 10.8 Å². The fourth-order valence-corrected chi connectivity index (χ4v) is 1.30. The van der Waals surface area contributed by atoms with E-state index in [2.05, 4.69) is 10.1 Å². The molecule has 0 radical (unpaired) electrons. The van der Waals surface area contributed by atoms with Crippen molar-refractivity contribution >= 4 is 17.8 Å². The Balaban J connectivity index is 4.14. The molecule has 0 fully saturated rings. The molecule has 0 heterocycles. The summed E-state index contributed by atoms with van der Waals surface area (Å²) in [6.07, 6.45) is 0.576. The summed E-state index contributed by atoms with van der Waals surface area (Å²) in [6.45, 7) is 3.76. The van der Waals surface area contributed by atoms with Crippen LogP contribution in [0.1, 0.15) is 26.7 Å². The highest BCUT2D eigenvalue weighted by Gasteiger charge is 2.24. The highest BCUT2D eigenvalue weighted by Crippen LogP contribution is 2.06. The van der Waals surface area contributed by atoms with Crippen LogP contribution in [-0.4, -0.2) is 42.1 Å². The summed E-state index contributed by atoms with van der Waals surface area (Å²) in [5, 5.41) is 11.1. The smallest absolute Gasteiger partial charge is 0.332 e. The third-order valence-electron chi connectivity index (χ3n) is 2.43. The van der Waals surface area contributed by atoms with Gasteiger partial charge in [0, 0.05) is 13.0 Å². The van der Waals surface area contributed by atoms with Crippen LogP contribution < -0.4 is 11.1 Å². The monoisotopic (exact) mass is 260 g/mol. The van der Waals surface area contributed by atoms with Crippen molar-refractivity contribution in [3.8, 4) is 0 Å². The van der Waals surface area contributed by atoms with Gasteiger partial charge in [0.15, 0.2) is 6.04 Å². The first kappa shape index (κ1) is 16.4. The van der Waals surface area contributed by atoms with Gasteiger partial charge in [0.1, 0.15) is 0 Å². The predicted molar refractivity (Wildman–Crippen MR) is 63.7 cm³/mol. The molecule has 0 aromatic heterocycles. The molecule has 0 bridgehead atoms. The van der Waals surface area contributed by atoms with E-state index in [1.165, 1.54) is 0 Å². The Kier molecular flexibility index (Phi) is 7.69. The van der Waals surface area contributed by atoms with Gasteiger partial charge < -0.3 is 20.9 Å². The van der Waals surface area contributed by atoms with Gasteiger partial charge in [-0.05, 0) is 12.8 Å². The van der Waals surface area contributed by atoms with E-state index >= 15 is 0 Å². The number of hydrogen-bond acceptors (Lipinski definition) is 5. The molecule has 4 N–H and O–H groups in total. The number of carboxylic acids is 1. The SMILES string of the molecule is CCOC(=O)C(N)C(=O)NCC(CC)CC(=O)O. The fraction of sp³-hybridized carbons (Fsp3) is 0.727. The van der Waals surface area contributed by atoms with Crippen LogP contribution in [0, 0.1) is 5.92 Å². The van der Waals surface area contributed by atoms with E-state index in [1.54, 1.807) is 6.92 Å². The third kappa shape index (κ3) is 6.19. The number of rotatable bonds is 8. The molecule has 0 saturated carbocycles. The van der Waals surface area contributed by atoms with Crippen molar-refractivity contribution in [3.63, 3.8) is 0 Å². The molecule has 7 heteroatoms. The predicted octanol–water partition coefficient (Wildman–Crippen LogP) is -0.506. The standard InChI is InChI=1S/C11H20N2O5/c1-3-7(5-8(14)15)6-13-10(16)9(12)11(17)18-4-2/h7,9H,3-6,12H2,1-2H3,(H,13,16)(H,14,15). The Bertz CT molecular complexity index is 306. The van der Waals surface area contributed by atoms with E-state index in [9.17, 15) is 14.4 Å². The second-order valence-corrected chi connectivity index (χ2v) is 3.85. The van der Waals surface area contributed by atoms with E-state index in [0.29, 0.717) is 6.42 Å². The number of aliphatic carboxylic acids is 1. The number of hydrogen-bond donors (Lipinski definition) is 3. The molecular weight excluding hydrogens is 240 g/mol. The van der Waals surface area contributed by atoms with Crippen LogP contribution in [0.2, 0.25) is 0 Å². The van der Waals surface area contributed by atoms with Crippen LogP contribution in [0.15, 0.2) is 0 Å². The summed E-state index contributed by atoms with van der Waals surface area (Å²) < 4.78 is 4.60. The average molecular weight is 260 g/mol. The first-order valence-electron chi connectivity index (χ1n) is 5.84. The quantitative estimate of drug-likeness (QED) is 0.399. The van der Waals surface area contributed by atoms with E-state index < -0.39 is 23.9 Å². The highest BCUT2D eigenvalue weighted by molar-refractivity contribution is 6.01. The molecule has 104 valence electrons. The third-order valence-corrected chi connectivity index (χ3v) is 2.43. The number of carbonyl (C=O) groups excluding carboxylic acids is 2. The number of carbonyl (C=O) groups is 3. The van der Waals surface area contributed by atoms with Gasteiger partial charge in [-0.2, -0.15) is 0 Å². The van der Waals surface area contributed by atoms with Crippen molar-refractivity contribution in [1.29, 1.82) is 0 Å². The molecule has 0 aliphatic heterocycles. The molecule has 2 unspecified atom stereocenters. The van der Waals surface area contributed by atoms with E-state index in [1.807, 2.05) is 6.92 Å². The Morgan fingerprint density at radius 1 is 1.33 bits per heavy atom. The molecule has 0 spiro atoms. The largest absolute Gasteiger partial charge is 0.481 e. The number of amides is 1. The summed E-state index contributed by atoms with van der Waals surface area (Å²) in [4.78, 5) is 33.2. The topological polar surface area (TPSA) is 119 Å². The van der Waals surface area contributed by atoms with Gasteiger partial charge >= 0.3 is 11.9 Å². The second-order valence-electron chi connectivity index (χ2n) is 3.85. The van der Waals surface area contributed by atoms with Crippen LogP contribution in [0.5, 0.6) is 0 Å². The van der Waals surface area contributed by atoms with Gasteiger partial charge in [-0.15, -0.1) is 0 Å². The lowest BCUT2D eigenvalue weighted by Gasteiger charge is -2.15. The Morgan fingerprint density at radius 3 is 2.39 bits per heavy atom. The van der Waals surface area contributed by atoms with Crippen molar-refractivity contribution in [2.75, 3.05) is 13.2 Å². The zero-order chi connectivity index (χ0) is 14.1. The molecule has 0 saturated heterocycles. The maximum absolute atomic E-state index is 11.5. The zero-order valence-corrected chi connectivity index (χ0v) is 10.6. The molecule has 0 rings (SSSR count). The molecule has 0 aromatic rings. The van der Waals surface area contributed by atoms with Gasteiger partial charge in [-0.3, -0.25) is 9.59 Å². The van der Waals surface area contributed by atoms with Crippen LogP contribution in [0.25, 0.3) is 0 Å². The highest BCUT2D eigenvalue weighted by atomic mass is 16.5. The Labute approximate surface area is 106 Å². The summed E-state index contributed by atoms with van der Waals surface area (Å²) in [5.41, 5.74) is 5.37. The van der Waals surface area contributed by atoms with Crippen molar-refractivity contribution < 1.29 is 24.2 Å². The van der Waals surface area contributed by atoms with Gasteiger partial charge in [-0.1, -0.05) is 13.3 Å². The molecule has 7 nitrogen and oxygen atoms in total. The Hall–Kier alpha value is -1.63. The van der Waals surface area contributed by atoms with Crippen molar-refractivity contribution in [2.24, 2.45) is 11.7 Å². The van der Waals surface area contributed by atoms with Crippen molar-refractivity contribution in [2.45, 2.75) is 32.7 Å². The number of esters is 1. The van der Waals surface area contributed by atoms with Crippen LogP contribution in [-0.2, 0) is 19.1 Å². The molecule has 0 aliphatic carbocycles. The minimum atomic E-state index is -1.37. The zero-order valence-electron chi connectivity index (χ0n) is 10.6. The lowest BCUT2D eigenvalue weighted by atomic mass is 10.0. The average Bonchev–Trinajstić information content (AvgIpc) is 2.32. The lowest BCUT2D eigenvalue weighted by Crippen LogP contribution is -2.48. The summed E-state index contributed by atoms with van der Waals surface area (Å²) in [5.74, 6) is -2.55. The minimum Gasteiger partial charge on any atom is -0.481 e. The van der Waals surface area contributed by atoms with Gasteiger partial charge in [0.05, 0.1) is 6.61 Å². The van der Waals surface area contributed by atoms with Crippen LogP contribution in [0.4, 0.5) is 0 Å². The molecule has 2 atom stereocenters. The summed E-state index contributed by atoms with van der Waals surface area (Å²) in [6, 6.07) is -1.37. The molecule has 0 aromatic carbocycles. The Morgan fingerprint density at radius 2 is 1.94 bits per heavy atom. The van der Waals surface area contributed by atoms with E-state index in [0.717, 1.165) is 0 Å². The van der Waals surface area contributed by atoms with Gasteiger partial charge in [-0.25, -0.2) is 4.79 Å². The van der Waals surface area contributed by atoms with Crippen molar-refractivity contribution in [3.05, 3.63) is 0 Å². The number of carboxylic acid groups (broad SMARTS) is 1. The molecule has 1 amide bonds. The molecule has 0 aliphatic rings. The maximum atomic E-state index is 11.5. The summed E-state index contributed by atoms with van der Waals surface area (Å²) in [7, 11) is 0. The fourth-order valence-electron chi connectivity index (χ4n) is 1.30.